The summed E-state index contributed by atoms with van der Waals surface area (Å²) in [5.41, 5.74) is -1.01. The van der Waals surface area contributed by atoms with Crippen LogP contribution >= 0.6 is 11.5 Å². The van der Waals surface area contributed by atoms with Crippen molar-refractivity contribution in [3.05, 3.63) is 30.4 Å². The minimum Gasteiger partial charge on any atom is -0.461 e. The number of rotatable bonds is 6. The van der Waals surface area contributed by atoms with E-state index in [1.165, 1.54) is 16.4 Å². The Kier molecular flexibility index (Phi) is 6.93. The lowest BCUT2D eigenvalue weighted by Gasteiger charge is -2.37. The van der Waals surface area contributed by atoms with Crippen molar-refractivity contribution in [3.8, 4) is 10.6 Å². The molecule has 12 heteroatoms. The number of amides is 1. The van der Waals surface area contributed by atoms with E-state index >= 15 is 4.39 Å². The van der Waals surface area contributed by atoms with Crippen LogP contribution < -0.4 is 5.32 Å². The smallest absolute Gasteiger partial charge is 0.410 e. The lowest BCUT2D eigenvalue weighted by molar-refractivity contribution is 0.00572. The summed E-state index contributed by atoms with van der Waals surface area (Å²) in [5.74, 6) is -0.198. The van der Waals surface area contributed by atoms with Gasteiger partial charge in [0, 0.05) is 44.5 Å². The summed E-state index contributed by atoms with van der Waals surface area (Å²) >= 11 is 1.28. The molecule has 10 nitrogen and oxygen atoms in total. The molecule has 0 spiro atoms. The van der Waals surface area contributed by atoms with Gasteiger partial charge in [0.05, 0.1) is 18.0 Å². The maximum atomic E-state index is 15.7. The molecule has 1 aliphatic rings. The van der Waals surface area contributed by atoms with Gasteiger partial charge in [-0.1, -0.05) is 0 Å². The Bertz CT molecular complexity index is 1200. The van der Waals surface area contributed by atoms with Gasteiger partial charge in [-0.25, -0.2) is 28.3 Å². The summed E-state index contributed by atoms with van der Waals surface area (Å²) < 4.78 is 31.9. The second kappa shape index (κ2) is 9.76. The molecule has 0 atom stereocenters. The Labute approximate surface area is 206 Å². The average Bonchev–Trinajstić information content (AvgIpc) is 3.47. The standard InChI is InChI=1S/C23H29FN6O4S/c1-5-33-20(31)16-13-30-12-15(17-6-9-26-35-17)27-18(19(30)28-16)25-14-23(24)7-10-29(11-8-23)21(32)34-22(2,3)4/h6,9,12-13H,5,7-8,10-11,14H2,1-4H3,(H,25,27). The molecule has 35 heavy (non-hydrogen) atoms. The number of carbonyl (C=O) groups is 2. The van der Waals surface area contributed by atoms with E-state index in [9.17, 15) is 9.59 Å². The molecule has 1 fully saturated rings. The zero-order valence-electron chi connectivity index (χ0n) is 20.2. The summed E-state index contributed by atoms with van der Waals surface area (Å²) in [5, 5.41) is 3.09. The van der Waals surface area contributed by atoms with Gasteiger partial charge in [0.1, 0.15) is 17.0 Å². The van der Waals surface area contributed by atoms with Crippen molar-refractivity contribution in [2.75, 3.05) is 31.6 Å². The maximum absolute atomic E-state index is 15.7. The van der Waals surface area contributed by atoms with Crippen molar-refractivity contribution in [1.29, 1.82) is 0 Å². The molecule has 0 radical (unpaired) electrons. The van der Waals surface area contributed by atoms with Crippen LogP contribution in [0.5, 0.6) is 0 Å². The van der Waals surface area contributed by atoms with Gasteiger partial charge in [-0.05, 0) is 45.3 Å². The third kappa shape index (κ3) is 5.87. The molecule has 0 aromatic carbocycles. The molecule has 1 N–H and O–H groups in total. The quantitative estimate of drug-likeness (QED) is 0.498. The fourth-order valence-corrected chi connectivity index (χ4v) is 4.27. The lowest BCUT2D eigenvalue weighted by Crippen LogP contribution is -2.48. The van der Waals surface area contributed by atoms with Gasteiger partial charge >= 0.3 is 12.1 Å². The number of nitrogens with zero attached hydrogens (tertiary/aromatic N) is 5. The topological polar surface area (TPSA) is 111 Å². The number of halogens is 1. The van der Waals surface area contributed by atoms with Crippen molar-refractivity contribution in [2.45, 2.75) is 51.8 Å². The number of anilines is 1. The van der Waals surface area contributed by atoms with Crippen LogP contribution in [0.4, 0.5) is 15.0 Å². The summed E-state index contributed by atoms with van der Waals surface area (Å²) in [7, 11) is 0. The molecule has 1 saturated heterocycles. The number of aromatic nitrogens is 4. The molecule has 188 valence electrons. The lowest BCUT2D eigenvalue weighted by atomic mass is 9.93. The van der Waals surface area contributed by atoms with E-state index in [0.29, 0.717) is 17.2 Å². The molecular formula is C23H29FN6O4S. The molecule has 3 aromatic heterocycles. The minimum absolute atomic E-state index is 0.0223. The number of piperidine rings is 1. The van der Waals surface area contributed by atoms with Crippen LogP contribution in [0.3, 0.4) is 0 Å². The largest absolute Gasteiger partial charge is 0.461 e. The number of carbonyl (C=O) groups excluding carboxylic acids is 2. The molecular weight excluding hydrogens is 475 g/mol. The number of imidazole rings is 1. The monoisotopic (exact) mass is 504 g/mol. The number of nitrogens with one attached hydrogen (secondary N) is 1. The number of fused-ring (bicyclic) bond motifs is 1. The van der Waals surface area contributed by atoms with Crippen LogP contribution in [0.1, 0.15) is 51.0 Å². The first-order valence-corrected chi connectivity index (χ1v) is 12.2. The van der Waals surface area contributed by atoms with Crippen LogP contribution in [-0.4, -0.2) is 73.2 Å². The maximum Gasteiger partial charge on any atom is 0.410 e. The van der Waals surface area contributed by atoms with Crippen LogP contribution in [0, 0.1) is 0 Å². The summed E-state index contributed by atoms with van der Waals surface area (Å²) in [4.78, 5) is 35.9. The number of likely N-dealkylation sites (tertiary alicyclic amines) is 1. The molecule has 3 aromatic rings. The van der Waals surface area contributed by atoms with Gasteiger partial charge in [0.2, 0.25) is 0 Å². The highest BCUT2D eigenvalue weighted by Crippen LogP contribution is 2.30. The zero-order valence-corrected chi connectivity index (χ0v) is 21.0. The second-order valence-electron chi connectivity index (χ2n) is 9.40. The van der Waals surface area contributed by atoms with Crippen molar-refractivity contribution in [2.24, 2.45) is 0 Å². The van der Waals surface area contributed by atoms with Crippen molar-refractivity contribution < 1.29 is 23.5 Å². The fourth-order valence-electron chi connectivity index (χ4n) is 3.72. The predicted molar refractivity (Wildman–Crippen MR) is 129 cm³/mol. The number of esters is 1. The van der Waals surface area contributed by atoms with E-state index in [-0.39, 0.29) is 44.8 Å². The molecule has 4 rings (SSSR count). The summed E-state index contributed by atoms with van der Waals surface area (Å²) in [6.45, 7) is 7.84. The highest BCUT2D eigenvalue weighted by atomic mass is 32.1. The third-order valence-corrected chi connectivity index (χ3v) is 6.27. The molecule has 0 bridgehead atoms. The van der Waals surface area contributed by atoms with Gasteiger partial charge in [0.25, 0.3) is 0 Å². The second-order valence-corrected chi connectivity index (χ2v) is 10.2. The Morgan fingerprint density at radius 1 is 1.23 bits per heavy atom. The molecule has 4 heterocycles. The van der Waals surface area contributed by atoms with Crippen LogP contribution in [-0.2, 0) is 9.47 Å². The molecule has 0 saturated carbocycles. The Balaban J connectivity index is 1.52. The number of alkyl halides is 1. The molecule has 0 unspecified atom stereocenters. The Morgan fingerprint density at radius 2 is 1.97 bits per heavy atom. The van der Waals surface area contributed by atoms with Gasteiger partial charge in [0.15, 0.2) is 17.2 Å². The normalized spacial score (nSPS) is 15.7. The third-order valence-electron chi connectivity index (χ3n) is 5.50. The van der Waals surface area contributed by atoms with E-state index in [4.69, 9.17) is 9.47 Å². The highest BCUT2D eigenvalue weighted by molar-refractivity contribution is 7.09. The SMILES string of the molecule is CCOC(=O)c1cn2cc(-c3ccns3)nc(NCC3(F)CCN(C(=O)OC(C)(C)C)CC3)c2n1. The first-order chi connectivity index (χ1) is 16.6. The summed E-state index contributed by atoms with van der Waals surface area (Å²) in [6, 6.07) is 1.83. The first-order valence-electron chi connectivity index (χ1n) is 11.5. The Hall–Kier alpha value is -3.28. The van der Waals surface area contributed by atoms with Gasteiger partial charge < -0.3 is 24.1 Å². The van der Waals surface area contributed by atoms with Crippen molar-refractivity contribution in [1.82, 2.24) is 23.6 Å². The fraction of sp³-hybridized carbons (Fsp3) is 0.522. The molecule has 0 aliphatic carbocycles. The first kappa shape index (κ1) is 24.8. The average molecular weight is 505 g/mol. The number of ether oxygens (including phenoxy) is 2. The zero-order chi connectivity index (χ0) is 25.2. The minimum atomic E-state index is -1.55. The highest BCUT2D eigenvalue weighted by Gasteiger charge is 2.37. The number of hydrogen-bond donors (Lipinski definition) is 1. The van der Waals surface area contributed by atoms with Gasteiger partial charge in [-0.2, -0.15) is 0 Å². The van der Waals surface area contributed by atoms with Crippen LogP contribution in [0.2, 0.25) is 0 Å². The van der Waals surface area contributed by atoms with E-state index in [1.54, 1.807) is 50.7 Å². The van der Waals surface area contributed by atoms with E-state index in [0.717, 1.165) is 4.88 Å². The van der Waals surface area contributed by atoms with E-state index < -0.39 is 23.3 Å². The Morgan fingerprint density at radius 3 is 2.60 bits per heavy atom. The van der Waals surface area contributed by atoms with E-state index in [2.05, 4.69) is 19.7 Å². The van der Waals surface area contributed by atoms with Gasteiger partial charge in [-0.15, -0.1) is 0 Å². The predicted octanol–water partition coefficient (Wildman–Crippen LogP) is 4.18. The van der Waals surface area contributed by atoms with Crippen LogP contribution in [0.15, 0.2) is 24.7 Å². The van der Waals surface area contributed by atoms with E-state index in [1.807, 2.05) is 6.07 Å². The van der Waals surface area contributed by atoms with Gasteiger partial charge in [-0.3, -0.25) is 0 Å². The van der Waals surface area contributed by atoms with Crippen molar-refractivity contribution >= 4 is 35.1 Å². The van der Waals surface area contributed by atoms with Crippen LogP contribution in [0.25, 0.3) is 16.2 Å². The molecule has 1 aliphatic heterocycles. The van der Waals surface area contributed by atoms with Crippen molar-refractivity contribution in [3.63, 3.8) is 0 Å². The molecule has 1 amide bonds. The number of hydrogen-bond acceptors (Lipinski definition) is 9. The summed E-state index contributed by atoms with van der Waals surface area (Å²) in [6.07, 6.45) is 4.87.